The minimum Gasteiger partial charge on any atom is -0.480 e. The van der Waals surface area contributed by atoms with Crippen molar-refractivity contribution < 1.29 is 26.2 Å². The maximum Gasteiger partial charge on any atom is 4.00 e. The molecule has 0 aromatic carbocycles. The zero-order valence-corrected chi connectivity index (χ0v) is 25.4. The van der Waals surface area contributed by atoms with Crippen molar-refractivity contribution in [2.75, 3.05) is 0 Å². The predicted octanol–water partition coefficient (Wildman–Crippen LogP) is 1.54. The summed E-state index contributed by atoms with van der Waals surface area (Å²) in [5.74, 6) is 0. The molecule has 0 atom stereocenters. The second-order valence-corrected chi connectivity index (χ2v) is 9.35. The third-order valence-electron chi connectivity index (χ3n) is 2.39. The third-order valence-corrected chi connectivity index (χ3v) is 2.39. The summed E-state index contributed by atoms with van der Waals surface area (Å²) in [6.45, 7) is 36.3. The molecule has 0 aromatic rings. The van der Waals surface area contributed by atoms with E-state index in [4.69, 9.17) is 0 Å². The van der Waals surface area contributed by atoms with Gasteiger partial charge in [-0.2, -0.15) is 0 Å². The minimum absolute atomic E-state index is 0. The molecule has 9 heteroatoms. The second kappa shape index (κ2) is 24.7. The van der Waals surface area contributed by atoms with Gasteiger partial charge in [-0.15, -0.1) is 0 Å². The van der Waals surface area contributed by atoms with Crippen molar-refractivity contribution in [3.63, 3.8) is 0 Å². The Kier molecular flexibility index (Phi) is 32.9. The molecule has 0 aliphatic rings. The molecular weight excluding hydrogens is 479 g/mol. The summed E-state index contributed by atoms with van der Waals surface area (Å²) < 4.78 is 0. The maximum absolute atomic E-state index is 2.58. The fourth-order valence-corrected chi connectivity index (χ4v) is 2.39. The second-order valence-electron chi connectivity index (χ2n) is 9.35. The number of hydrogen-bond donors (Lipinski definition) is 0. The molecule has 0 heterocycles. The van der Waals surface area contributed by atoms with Crippen molar-refractivity contribution in [1.29, 1.82) is 0 Å². The van der Waals surface area contributed by atoms with Crippen LogP contribution in [0.3, 0.4) is 0 Å². The van der Waals surface area contributed by atoms with Gasteiger partial charge in [0.2, 0.25) is 0 Å². The van der Waals surface area contributed by atoms with E-state index in [1.165, 1.54) is 0 Å². The van der Waals surface area contributed by atoms with Gasteiger partial charge in [0.25, 0.3) is 0 Å². The molecule has 0 aliphatic heterocycles. The zero-order chi connectivity index (χ0) is 26.9. The molecule has 0 rings (SSSR count). The Hall–Kier alpha value is 0.983. The Balaban J connectivity index is -0.000000105. The molecule has 4 nitrogen and oxygen atoms in total. The SMILES string of the molecule is [BH3-]N(C(C)C)C(C)C.[BH3-]N(C(C)C)C(C)C.[BH3-]N(C(C)C)C(C)C.[BH3-]N(C(C)C)C(C)C.[Zr+4]. The maximum atomic E-state index is 2.58. The Morgan fingerprint density at radius 2 is 0.333 bits per heavy atom. The van der Waals surface area contributed by atoms with Crippen LogP contribution in [0.5, 0.6) is 0 Å². The van der Waals surface area contributed by atoms with E-state index in [2.05, 4.69) is 130 Å². The van der Waals surface area contributed by atoms with Crippen LogP contribution in [0.4, 0.5) is 0 Å². The summed E-state index contributed by atoms with van der Waals surface area (Å²) in [5, 5.41) is 0. The summed E-state index contributed by atoms with van der Waals surface area (Å²) >= 11 is 0. The number of rotatable bonds is 8. The summed E-state index contributed by atoms with van der Waals surface area (Å²) in [7, 11) is 1.70. The molecule has 0 radical (unpaired) electrons. The van der Waals surface area contributed by atoms with E-state index in [0.717, 1.165) is 48.3 Å². The molecular formula is C24H68B4N4Zr. The van der Waals surface area contributed by atoms with Gasteiger partial charge in [-0.05, 0) is 48.3 Å². The zero-order valence-electron chi connectivity index (χ0n) is 22.9. The molecule has 0 fully saturated rings. The van der Waals surface area contributed by atoms with Gasteiger partial charge in [0.15, 0.2) is 0 Å². The molecule has 0 spiro atoms. The molecule has 0 bridgehead atoms. The Morgan fingerprint density at radius 1 is 0.273 bits per heavy atom. The van der Waals surface area contributed by atoms with E-state index in [0.29, 0.717) is 31.9 Å². The average molecular weight is 547 g/mol. The fraction of sp³-hybridized carbons (Fsp3) is 1.00. The van der Waals surface area contributed by atoms with Crippen LogP contribution in [-0.4, -0.2) is 99.5 Å². The topological polar surface area (TPSA) is 13.0 Å². The van der Waals surface area contributed by atoms with Crippen LogP contribution in [0.25, 0.3) is 0 Å². The predicted molar refractivity (Wildman–Crippen MR) is 168 cm³/mol. The van der Waals surface area contributed by atoms with E-state index in [9.17, 15) is 0 Å². The van der Waals surface area contributed by atoms with Crippen molar-refractivity contribution in [3.05, 3.63) is 0 Å². The smallest absolute Gasteiger partial charge is 0.480 e. The van der Waals surface area contributed by atoms with Crippen molar-refractivity contribution in [3.8, 4) is 0 Å². The molecule has 0 aliphatic carbocycles. The minimum atomic E-state index is 0. The van der Waals surface area contributed by atoms with Gasteiger partial charge in [0.05, 0.1) is 0 Å². The number of hydrogen-bond acceptors (Lipinski definition) is 4. The van der Waals surface area contributed by atoms with Gasteiger partial charge in [0.1, 0.15) is 0 Å². The van der Waals surface area contributed by atoms with E-state index in [1.807, 2.05) is 0 Å². The number of nitrogens with zero attached hydrogens (tertiary/aromatic N) is 4. The summed E-state index contributed by atoms with van der Waals surface area (Å²) in [5.41, 5.74) is 0. The van der Waals surface area contributed by atoms with E-state index < -0.39 is 0 Å². The van der Waals surface area contributed by atoms with E-state index in [-0.39, 0.29) is 26.2 Å². The summed E-state index contributed by atoms with van der Waals surface area (Å²) in [4.78, 5) is 10.3. The van der Waals surface area contributed by atoms with Crippen LogP contribution >= 0.6 is 0 Å². The Labute approximate surface area is 235 Å². The van der Waals surface area contributed by atoms with Gasteiger partial charge in [0, 0.05) is 31.9 Å². The first kappa shape index (κ1) is 44.0. The van der Waals surface area contributed by atoms with Gasteiger partial charge >= 0.3 is 26.2 Å². The van der Waals surface area contributed by atoms with E-state index >= 15 is 0 Å². The van der Waals surface area contributed by atoms with E-state index in [1.54, 1.807) is 0 Å². The molecule has 0 amide bonds. The summed E-state index contributed by atoms with van der Waals surface area (Å²) in [6.07, 6.45) is 0. The monoisotopic (exact) mass is 546 g/mol. The van der Waals surface area contributed by atoms with Crippen molar-refractivity contribution in [2.45, 2.75) is 159 Å². The van der Waals surface area contributed by atoms with Crippen LogP contribution in [0.1, 0.15) is 111 Å². The molecule has 33 heavy (non-hydrogen) atoms. The van der Waals surface area contributed by atoms with Crippen molar-refractivity contribution in [2.24, 2.45) is 0 Å². The quantitative estimate of drug-likeness (QED) is 0.428. The Bertz CT molecular complexity index is 293. The van der Waals surface area contributed by atoms with Crippen LogP contribution < -0.4 is 0 Å². The van der Waals surface area contributed by atoms with Gasteiger partial charge in [-0.1, -0.05) is 111 Å². The molecule has 0 aromatic heterocycles. The normalized spacial score (nSPS) is 11.6. The first-order chi connectivity index (χ1) is 14.2. The van der Waals surface area contributed by atoms with Gasteiger partial charge in [-0.3, -0.25) is 0 Å². The molecule has 0 N–H and O–H groups in total. The Morgan fingerprint density at radius 3 is 0.333 bits per heavy atom. The van der Waals surface area contributed by atoms with Crippen LogP contribution in [0.15, 0.2) is 0 Å². The third kappa shape index (κ3) is 29.1. The first-order valence-corrected chi connectivity index (χ1v) is 11.3. The molecule has 0 unspecified atom stereocenters. The van der Waals surface area contributed by atoms with Crippen molar-refractivity contribution in [1.82, 2.24) is 19.2 Å². The van der Waals surface area contributed by atoms with Gasteiger partial charge in [-0.25, -0.2) is 0 Å². The summed E-state index contributed by atoms with van der Waals surface area (Å²) in [6, 6.07) is 6.30. The molecule has 0 saturated heterocycles. The van der Waals surface area contributed by atoms with Crippen LogP contribution in [-0.2, 0) is 26.2 Å². The standard InChI is InChI=1S/4C6H17BN.Zr/c4*1-5(2)8(7)6(3)4;/h4*5-6H,1-4,7H3;/q4*-1;+4. The van der Waals surface area contributed by atoms with Gasteiger partial charge < -0.3 is 19.2 Å². The van der Waals surface area contributed by atoms with Crippen molar-refractivity contribution >= 4 is 31.9 Å². The van der Waals surface area contributed by atoms with Crippen LogP contribution in [0, 0.1) is 0 Å². The fourth-order valence-electron chi connectivity index (χ4n) is 2.39. The average Bonchev–Trinajstić information content (AvgIpc) is 2.65. The van der Waals surface area contributed by atoms with Crippen LogP contribution in [0.2, 0.25) is 0 Å². The first-order valence-electron chi connectivity index (χ1n) is 11.3. The molecule has 200 valence electrons. The molecule has 0 saturated carbocycles. The largest absolute Gasteiger partial charge is 4.00 e.